The Labute approximate surface area is 118 Å². The molecule has 2 heterocycles. The van der Waals surface area contributed by atoms with Crippen LogP contribution >= 0.6 is 11.3 Å². The van der Waals surface area contributed by atoms with Crippen molar-refractivity contribution in [2.45, 2.75) is 6.54 Å². The van der Waals surface area contributed by atoms with E-state index in [0.29, 0.717) is 22.3 Å². The number of amides is 2. The Hall–Kier alpha value is -2.55. The molecule has 2 aromatic heterocycles. The third kappa shape index (κ3) is 3.48. The summed E-state index contributed by atoms with van der Waals surface area (Å²) in [4.78, 5) is 19.0. The number of primary amides is 1. The third-order valence-corrected chi connectivity index (χ3v) is 3.05. The molecule has 0 aliphatic rings. The quantitative estimate of drug-likeness (QED) is 0.487. The Morgan fingerprint density at radius 1 is 1.50 bits per heavy atom. The number of thiazole rings is 1. The second-order valence-corrected chi connectivity index (χ2v) is 4.58. The minimum absolute atomic E-state index is 0.233. The van der Waals surface area contributed by atoms with Crippen LogP contribution in [0.15, 0.2) is 26.9 Å². The number of urea groups is 1. The van der Waals surface area contributed by atoms with Gasteiger partial charge in [0.2, 0.25) is 5.13 Å². The highest BCUT2D eigenvalue weighted by Crippen LogP contribution is 2.27. The van der Waals surface area contributed by atoms with E-state index >= 15 is 0 Å². The van der Waals surface area contributed by atoms with Gasteiger partial charge in [0.15, 0.2) is 11.7 Å². The number of guanidine groups is 1. The van der Waals surface area contributed by atoms with E-state index in [4.69, 9.17) is 15.9 Å². The molecule has 0 aliphatic carbocycles. The van der Waals surface area contributed by atoms with E-state index in [2.05, 4.69) is 20.6 Å². The summed E-state index contributed by atoms with van der Waals surface area (Å²) in [7, 11) is 1.68. The minimum atomic E-state index is -0.601. The number of aromatic nitrogens is 1. The van der Waals surface area contributed by atoms with E-state index in [0.717, 1.165) is 0 Å². The predicted octanol–water partition coefficient (Wildman–Crippen LogP) is 0.737. The molecule has 0 radical (unpaired) electrons. The van der Waals surface area contributed by atoms with Gasteiger partial charge in [0.25, 0.3) is 0 Å². The average molecular weight is 294 g/mol. The van der Waals surface area contributed by atoms with Crippen LogP contribution in [0, 0.1) is 0 Å². The first-order valence-electron chi connectivity index (χ1n) is 5.68. The number of furan rings is 1. The Morgan fingerprint density at radius 3 is 3.00 bits per heavy atom. The van der Waals surface area contributed by atoms with Gasteiger partial charge in [-0.1, -0.05) is 0 Å². The number of nitrogens with zero attached hydrogens (tertiary/aromatic N) is 2. The predicted molar refractivity (Wildman–Crippen MR) is 76.6 cm³/mol. The number of rotatable bonds is 4. The lowest BCUT2D eigenvalue weighted by Crippen LogP contribution is -2.28. The summed E-state index contributed by atoms with van der Waals surface area (Å²) in [6.07, 6.45) is 0. The summed E-state index contributed by atoms with van der Waals surface area (Å²) >= 11 is 1.35. The number of hydrogen-bond donors (Lipinski definition) is 4. The van der Waals surface area contributed by atoms with Gasteiger partial charge in [0, 0.05) is 12.4 Å². The molecule has 0 atom stereocenters. The molecule has 2 amide bonds. The van der Waals surface area contributed by atoms with Crippen molar-refractivity contribution in [1.82, 2.24) is 15.6 Å². The molecule has 8 nitrogen and oxygen atoms in total. The van der Waals surface area contributed by atoms with Crippen LogP contribution in [0.4, 0.5) is 9.93 Å². The van der Waals surface area contributed by atoms with Crippen LogP contribution < -0.4 is 22.1 Å². The Bertz CT molecular complexity index is 632. The minimum Gasteiger partial charge on any atom is -0.458 e. The van der Waals surface area contributed by atoms with E-state index in [1.807, 2.05) is 5.38 Å². The normalized spacial score (nSPS) is 11.3. The monoisotopic (exact) mass is 294 g/mol. The highest BCUT2D eigenvalue weighted by molar-refractivity contribution is 7.13. The number of aliphatic imine (C=N–C) groups is 1. The van der Waals surface area contributed by atoms with Crippen molar-refractivity contribution in [3.8, 4) is 11.5 Å². The zero-order valence-corrected chi connectivity index (χ0v) is 11.5. The van der Waals surface area contributed by atoms with E-state index in [1.165, 1.54) is 11.3 Å². The lowest BCUT2D eigenvalue weighted by molar-refractivity contribution is 0.247. The van der Waals surface area contributed by atoms with E-state index in [1.54, 1.807) is 19.2 Å². The van der Waals surface area contributed by atoms with Crippen molar-refractivity contribution in [3.05, 3.63) is 23.3 Å². The number of nitrogens with two attached hydrogens (primary N) is 2. The lowest BCUT2D eigenvalue weighted by Gasteiger charge is -1.97. The molecule has 0 bridgehead atoms. The highest BCUT2D eigenvalue weighted by Gasteiger charge is 2.09. The maximum atomic E-state index is 10.6. The molecule has 0 saturated carbocycles. The maximum Gasteiger partial charge on any atom is 0.312 e. The molecule has 2 aromatic rings. The van der Waals surface area contributed by atoms with Crippen LogP contribution in [0.1, 0.15) is 5.76 Å². The zero-order valence-electron chi connectivity index (χ0n) is 10.7. The van der Waals surface area contributed by atoms with Crippen LogP contribution in [-0.4, -0.2) is 24.0 Å². The lowest BCUT2D eigenvalue weighted by atomic mass is 10.3. The molecular weight excluding hydrogens is 280 g/mol. The smallest absolute Gasteiger partial charge is 0.312 e. The summed E-state index contributed by atoms with van der Waals surface area (Å²) in [5.74, 6) is 1.47. The summed E-state index contributed by atoms with van der Waals surface area (Å²) in [5, 5.41) is 7.50. The molecule has 2 rings (SSSR count). The SMILES string of the molecule is CN/C(N)=N/c1nc(-c2ccc(CNC(N)=O)o2)cs1. The first-order chi connectivity index (χ1) is 9.58. The number of nitrogens with one attached hydrogen (secondary N) is 2. The topological polar surface area (TPSA) is 132 Å². The van der Waals surface area contributed by atoms with E-state index < -0.39 is 6.03 Å². The molecule has 0 unspecified atom stereocenters. The van der Waals surface area contributed by atoms with Crippen molar-refractivity contribution >= 4 is 28.5 Å². The fourth-order valence-corrected chi connectivity index (χ4v) is 2.06. The summed E-state index contributed by atoms with van der Waals surface area (Å²) in [6, 6.07) is 2.91. The third-order valence-electron chi connectivity index (χ3n) is 2.32. The van der Waals surface area contributed by atoms with Gasteiger partial charge in [0.05, 0.1) is 6.54 Å². The van der Waals surface area contributed by atoms with Crippen molar-refractivity contribution in [3.63, 3.8) is 0 Å². The number of hydrogen-bond acceptors (Lipinski definition) is 5. The van der Waals surface area contributed by atoms with Crippen molar-refractivity contribution in [2.24, 2.45) is 16.5 Å². The van der Waals surface area contributed by atoms with Gasteiger partial charge in [-0.05, 0) is 12.1 Å². The van der Waals surface area contributed by atoms with Crippen LogP contribution in [0.5, 0.6) is 0 Å². The first kappa shape index (κ1) is 13.9. The van der Waals surface area contributed by atoms with Crippen LogP contribution in [-0.2, 0) is 6.54 Å². The van der Waals surface area contributed by atoms with Crippen molar-refractivity contribution in [1.29, 1.82) is 0 Å². The zero-order chi connectivity index (χ0) is 14.5. The van der Waals surface area contributed by atoms with E-state index in [-0.39, 0.29) is 12.5 Å². The Balaban J connectivity index is 2.10. The molecule has 0 fully saturated rings. The summed E-state index contributed by atoms with van der Waals surface area (Å²) < 4.78 is 5.54. The van der Waals surface area contributed by atoms with Gasteiger partial charge in [-0.2, -0.15) is 4.99 Å². The standard InChI is InChI=1S/C11H14N6O2S/c1-14-9(12)17-11-16-7(5-20-11)8-3-2-6(19-8)4-15-10(13)18/h2-3,5H,4H2,1H3,(H3,13,15,18)(H3,12,14,16,17). The van der Waals surface area contributed by atoms with Gasteiger partial charge in [-0.3, -0.25) is 0 Å². The molecule has 0 spiro atoms. The Kier molecular flexibility index (Phi) is 4.20. The van der Waals surface area contributed by atoms with Gasteiger partial charge in [-0.15, -0.1) is 11.3 Å². The second-order valence-electron chi connectivity index (χ2n) is 3.75. The molecule has 20 heavy (non-hydrogen) atoms. The molecule has 0 aromatic carbocycles. The fraction of sp³-hybridized carbons (Fsp3) is 0.182. The summed E-state index contributed by atoms with van der Waals surface area (Å²) in [5.41, 5.74) is 11.2. The van der Waals surface area contributed by atoms with Crippen molar-refractivity contribution in [2.75, 3.05) is 7.05 Å². The van der Waals surface area contributed by atoms with Crippen LogP contribution in [0.3, 0.4) is 0 Å². The number of carbonyl (C=O) groups is 1. The van der Waals surface area contributed by atoms with Crippen LogP contribution in [0.2, 0.25) is 0 Å². The number of carbonyl (C=O) groups excluding carboxylic acids is 1. The molecule has 0 aliphatic heterocycles. The highest BCUT2D eigenvalue weighted by atomic mass is 32.1. The average Bonchev–Trinajstić information content (AvgIpc) is 3.04. The van der Waals surface area contributed by atoms with Crippen LogP contribution in [0.25, 0.3) is 11.5 Å². The van der Waals surface area contributed by atoms with Gasteiger partial charge in [0.1, 0.15) is 11.5 Å². The second kappa shape index (κ2) is 6.06. The maximum absolute atomic E-state index is 10.6. The largest absolute Gasteiger partial charge is 0.458 e. The molecule has 0 saturated heterocycles. The molecule has 106 valence electrons. The first-order valence-corrected chi connectivity index (χ1v) is 6.56. The van der Waals surface area contributed by atoms with Gasteiger partial charge >= 0.3 is 6.03 Å². The molecule has 9 heteroatoms. The molecular formula is C11H14N6O2S. The van der Waals surface area contributed by atoms with Gasteiger partial charge < -0.3 is 26.5 Å². The molecule has 6 N–H and O–H groups in total. The summed E-state index contributed by atoms with van der Waals surface area (Å²) in [6.45, 7) is 0.233. The Morgan fingerprint density at radius 2 is 2.30 bits per heavy atom. The fourth-order valence-electron chi connectivity index (χ4n) is 1.37. The van der Waals surface area contributed by atoms with E-state index in [9.17, 15) is 4.79 Å². The van der Waals surface area contributed by atoms with Gasteiger partial charge in [-0.25, -0.2) is 9.78 Å². The van der Waals surface area contributed by atoms with Crippen molar-refractivity contribution < 1.29 is 9.21 Å².